The molecule has 27 heavy (non-hydrogen) atoms. The van der Waals surface area contributed by atoms with E-state index in [1.807, 2.05) is 10.9 Å². The Morgan fingerprint density at radius 3 is 2.07 bits per heavy atom. The van der Waals surface area contributed by atoms with Gasteiger partial charge in [0.25, 0.3) is 17.7 Å². The Balaban J connectivity index is 1.82. The molecule has 0 radical (unpaired) electrons. The van der Waals surface area contributed by atoms with E-state index in [0.717, 1.165) is 30.3 Å². The summed E-state index contributed by atoms with van der Waals surface area (Å²) in [6.45, 7) is -0.558. The third kappa shape index (κ3) is 5.53. The third-order valence-electron chi connectivity index (χ3n) is 3.32. The van der Waals surface area contributed by atoms with Crippen molar-refractivity contribution in [3.8, 4) is 0 Å². The predicted molar refractivity (Wildman–Crippen MR) is 85.8 cm³/mol. The maximum atomic E-state index is 13.4. The molecule has 0 aliphatic carbocycles. The topological polar surface area (TPSA) is 87.3 Å². The van der Waals surface area contributed by atoms with E-state index in [2.05, 4.69) is 5.32 Å². The Morgan fingerprint density at radius 1 is 0.852 bits per heavy atom. The minimum atomic E-state index is -4.52. The first-order valence-corrected chi connectivity index (χ1v) is 7.47. The fraction of sp³-hybridized carbons (Fsp3) is 0.118. The number of carbonyl (C=O) groups excluding carboxylic acids is 3. The van der Waals surface area contributed by atoms with Crippen LogP contribution in [0, 0.1) is 5.82 Å². The molecule has 0 aromatic heterocycles. The Kier molecular flexibility index (Phi) is 6.11. The van der Waals surface area contributed by atoms with Crippen LogP contribution in [0.2, 0.25) is 0 Å². The monoisotopic (exact) mass is 383 g/mol. The number of halogens is 4. The summed E-state index contributed by atoms with van der Waals surface area (Å²) in [6.07, 6.45) is -4.52. The molecule has 10 heteroatoms. The lowest BCUT2D eigenvalue weighted by Gasteiger charge is -2.10. The summed E-state index contributed by atoms with van der Waals surface area (Å²) in [7, 11) is 0. The van der Waals surface area contributed by atoms with Gasteiger partial charge in [-0.2, -0.15) is 13.2 Å². The second-order valence-corrected chi connectivity index (χ2v) is 5.24. The van der Waals surface area contributed by atoms with Gasteiger partial charge in [-0.1, -0.05) is 12.1 Å². The molecule has 0 fully saturated rings. The molecular weight excluding hydrogens is 370 g/mol. The number of nitrogens with one attached hydrogen (secondary N) is 3. The maximum absolute atomic E-state index is 13.4. The van der Waals surface area contributed by atoms with Crippen LogP contribution in [0.25, 0.3) is 0 Å². The highest BCUT2D eigenvalue weighted by atomic mass is 19.4. The number of rotatable bonds is 4. The van der Waals surface area contributed by atoms with Gasteiger partial charge in [0.2, 0.25) is 0 Å². The highest BCUT2D eigenvalue weighted by Gasteiger charge is 2.30. The molecule has 3 amide bonds. The minimum Gasteiger partial charge on any atom is -0.343 e. The lowest BCUT2D eigenvalue weighted by Crippen LogP contribution is -2.46. The number of hydrogen-bond donors (Lipinski definition) is 3. The molecule has 142 valence electrons. The molecule has 0 aliphatic rings. The summed E-state index contributed by atoms with van der Waals surface area (Å²) in [4.78, 5) is 35.1. The molecule has 0 aliphatic heterocycles. The van der Waals surface area contributed by atoms with Crippen molar-refractivity contribution in [2.75, 3.05) is 6.54 Å². The van der Waals surface area contributed by atoms with E-state index < -0.39 is 41.8 Å². The first-order valence-electron chi connectivity index (χ1n) is 7.47. The van der Waals surface area contributed by atoms with Crippen LogP contribution < -0.4 is 16.2 Å². The van der Waals surface area contributed by atoms with Gasteiger partial charge in [0.15, 0.2) is 0 Å². The van der Waals surface area contributed by atoms with Gasteiger partial charge in [0, 0.05) is 5.56 Å². The van der Waals surface area contributed by atoms with Crippen LogP contribution in [0.15, 0.2) is 48.5 Å². The zero-order chi connectivity index (χ0) is 20.0. The van der Waals surface area contributed by atoms with Gasteiger partial charge in [-0.3, -0.25) is 25.2 Å². The van der Waals surface area contributed by atoms with Crippen molar-refractivity contribution < 1.29 is 31.9 Å². The van der Waals surface area contributed by atoms with Crippen molar-refractivity contribution in [3.63, 3.8) is 0 Å². The van der Waals surface area contributed by atoms with Crippen molar-refractivity contribution in [1.82, 2.24) is 16.2 Å². The van der Waals surface area contributed by atoms with Crippen LogP contribution in [0.4, 0.5) is 17.6 Å². The van der Waals surface area contributed by atoms with Gasteiger partial charge < -0.3 is 5.32 Å². The van der Waals surface area contributed by atoms with E-state index in [4.69, 9.17) is 0 Å². The number of hydrazine groups is 1. The van der Waals surface area contributed by atoms with Gasteiger partial charge in [-0.15, -0.1) is 0 Å². The zero-order valence-corrected chi connectivity index (χ0v) is 13.6. The molecule has 0 saturated carbocycles. The summed E-state index contributed by atoms with van der Waals surface area (Å²) in [5.41, 5.74) is 2.67. The lowest BCUT2D eigenvalue weighted by molar-refractivity contribution is -0.137. The zero-order valence-electron chi connectivity index (χ0n) is 13.6. The Bertz CT molecular complexity index is 851. The first kappa shape index (κ1) is 19.9. The number of hydrogen-bond acceptors (Lipinski definition) is 3. The largest absolute Gasteiger partial charge is 0.416 e. The molecule has 6 nitrogen and oxygen atoms in total. The van der Waals surface area contributed by atoms with Crippen molar-refractivity contribution in [1.29, 1.82) is 0 Å². The maximum Gasteiger partial charge on any atom is 0.416 e. The average molecular weight is 383 g/mol. The standard InChI is InChI=1S/C17H13F4N3O3/c18-13-4-2-1-3-12(13)16(27)24-23-14(25)9-22-15(26)10-5-7-11(8-6-10)17(19,20)21/h1-8H,9H2,(H,22,26)(H,23,25)(H,24,27). The minimum absolute atomic E-state index is 0.0776. The fourth-order valence-electron chi connectivity index (χ4n) is 1.96. The Labute approximate surface area is 150 Å². The fourth-order valence-corrected chi connectivity index (χ4v) is 1.96. The van der Waals surface area contributed by atoms with Crippen LogP contribution in [-0.4, -0.2) is 24.3 Å². The van der Waals surface area contributed by atoms with Gasteiger partial charge in [-0.05, 0) is 36.4 Å². The predicted octanol–water partition coefficient (Wildman–Crippen LogP) is 2.04. The summed E-state index contributed by atoms with van der Waals surface area (Å²) < 4.78 is 50.8. The average Bonchev–Trinajstić information content (AvgIpc) is 2.64. The SMILES string of the molecule is O=C(CNC(=O)c1ccc(C(F)(F)F)cc1)NNC(=O)c1ccccc1F. The molecule has 0 bridgehead atoms. The second kappa shape index (κ2) is 8.30. The van der Waals surface area contributed by atoms with Crippen molar-refractivity contribution in [2.24, 2.45) is 0 Å². The smallest absolute Gasteiger partial charge is 0.343 e. The number of benzene rings is 2. The van der Waals surface area contributed by atoms with Crippen molar-refractivity contribution in [2.45, 2.75) is 6.18 Å². The van der Waals surface area contributed by atoms with Crippen LogP contribution in [-0.2, 0) is 11.0 Å². The van der Waals surface area contributed by atoms with E-state index >= 15 is 0 Å². The molecule has 2 rings (SSSR count). The highest BCUT2D eigenvalue weighted by Crippen LogP contribution is 2.29. The molecule has 0 unspecified atom stereocenters. The Morgan fingerprint density at radius 2 is 1.48 bits per heavy atom. The molecule has 2 aromatic rings. The number of carbonyl (C=O) groups is 3. The summed E-state index contributed by atoms with van der Waals surface area (Å²) >= 11 is 0. The highest BCUT2D eigenvalue weighted by molar-refractivity contribution is 5.98. The number of amides is 3. The van der Waals surface area contributed by atoms with Crippen LogP contribution in [0.3, 0.4) is 0 Å². The number of alkyl halides is 3. The Hall–Kier alpha value is -3.43. The normalized spacial score (nSPS) is 10.8. The molecule has 0 heterocycles. The molecule has 3 N–H and O–H groups in total. The molecule has 0 saturated heterocycles. The van der Waals surface area contributed by atoms with Crippen LogP contribution in [0.1, 0.15) is 26.3 Å². The molecular formula is C17H13F4N3O3. The van der Waals surface area contributed by atoms with Gasteiger partial charge in [0.1, 0.15) is 5.82 Å². The second-order valence-electron chi connectivity index (χ2n) is 5.24. The molecule has 0 atom stereocenters. The molecule has 2 aromatic carbocycles. The van der Waals surface area contributed by atoms with E-state index in [-0.39, 0.29) is 11.1 Å². The van der Waals surface area contributed by atoms with Gasteiger partial charge in [-0.25, -0.2) is 4.39 Å². The van der Waals surface area contributed by atoms with Gasteiger partial charge >= 0.3 is 6.18 Å². The first-order chi connectivity index (χ1) is 12.7. The van der Waals surface area contributed by atoms with E-state index in [0.29, 0.717) is 0 Å². The van der Waals surface area contributed by atoms with Gasteiger partial charge in [0.05, 0.1) is 17.7 Å². The lowest BCUT2D eigenvalue weighted by atomic mass is 10.1. The van der Waals surface area contributed by atoms with Crippen LogP contribution >= 0.6 is 0 Å². The van der Waals surface area contributed by atoms with E-state index in [1.165, 1.54) is 18.2 Å². The molecule has 0 spiro atoms. The van der Waals surface area contributed by atoms with Crippen molar-refractivity contribution in [3.05, 3.63) is 71.0 Å². The van der Waals surface area contributed by atoms with Crippen molar-refractivity contribution >= 4 is 17.7 Å². The van der Waals surface area contributed by atoms with E-state index in [1.54, 1.807) is 0 Å². The third-order valence-corrected chi connectivity index (χ3v) is 3.32. The van der Waals surface area contributed by atoms with Crippen LogP contribution in [0.5, 0.6) is 0 Å². The quantitative estimate of drug-likeness (QED) is 0.558. The summed E-state index contributed by atoms with van der Waals surface area (Å²) in [6, 6.07) is 8.52. The summed E-state index contributed by atoms with van der Waals surface area (Å²) in [5, 5.41) is 2.17. The summed E-state index contributed by atoms with van der Waals surface area (Å²) in [5.74, 6) is -3.27. The van der Waals surface area contributed by atoms with E-state index in [9.17, 15) is 31.9 Å².